The fourth-order valence-electron chi connectivity index (χ4n) is 2.77. The van der Waals surface area contributed by atoms with E-state index < -0.39 is 29.3 Å². The number of hydrogen-bond donors (Lipinski definition) is 2. The van der Waals surface area contributed by atoms with Crippen LogP contribution in [-0.4, -0.2) is 34.4 Å². The first-order valence-electron chi connectivity index (χ1n) is 8.65. The van der Waals surface area contributed by atoms with E-state index in [2.05, 4.69) is 0 Å². The van der Waals surface area contributed by atoms with Gasteiger partial charge in [0.2, 0.25) is 5.72 Å². The maximum absolute atomic E-state index is 12.1. The van der Waals surface area contributed by atoms with Gasteiger partial charge >= 0.3 is 5.97 Å². The van der Waals surface area contributed by atoms with Gasteiger partial charge in [-0.3, -0.25) is 5.73 Å². The van der Waals surface area contributed by atoms with Crippen molar-refractivity contribution in [3.63, 3.8) is 0 Å². The van der Waals surface area contributed by atoms with Crippen LogP contribution < -0.4 is 5.73 Å². The van der Waals surface area contributed by atoms with Crippen molar-refractivity contribution in [2.75, 3.05) is 0 Å². The third kappa shape index (κ3) is 5.25. The number of allylic oxidation sites excluding steroid dienone is 3. The van der Waals surface area contributed by atoms with E-state index in [9.17, 15) is 14.7 Å². The molecule has 0 heterocycles. The lowest BCUT2D eigenvalue weighted by Crippen LogP contribution is -2.63. The van der Waals surface area contributed by atoms with E-state index >= 15 is 0 Å². The number of benzene rings is 1. The van der Waals surface area contributed by atoms with E-state index in [0.29, 0.717) is 0 Å². The van der Waals surface area contributed by atoms with Crippen molar-refractivity contribution < 1.29 is 24.2 Å². The zero-order valence-corrected chi connectivity index (χ0v) is 15.7. The maximum atomic E-state index is 12.1. The standard InChI is InChI=1S/C21H25NO5/c1-20(2,3)27-18(17-12-8-7-11-16(17)13-23)21(22,19(24)25)26-14-15-9-5-4-6-10-15/h4-12,17-18H,14,22H2,1-3H3,(H,24,25). The largest absolute Gasteiger partial charge is 0.478 e. The molecule has 3 N–H and O–H groups in total. The van der Waals surface area contributed by atoms with Gasteiger partial charge in [-0.1, -0.05) is 48.6 Å². The minimum Gasteiger partial charge on any atom is -0.478 e. The van der Waals surface area contributed by atoms with E-state index in [0.717, 1.165) is 5.56 Å². The predicted molar refractivity (Wildman–Crippen MR) is 101 cm³/mol. The SMILES string of the molecule is CC(C)(C)OC(C1C=CC=CC1=C=O)C(N)(OCc1ccccc1)C(=O)O. The minimum absolute atomic E-state index is 0.0138. The van der Waals surface area contributed by atoms with Gasteiger partial charge in [0.1, 0.15) is 12.0 Å². The van der Waals surface area contributed by atoms with Crippen LogP contribution in [0.5, 0.6) is 0 Å². The molecule has 1 aromatic carbocycles. The van der Waals surface area contributed by atoms with Crippen LogP contribution in [0.4, 0.5) is 0 Å². The number of carboxylic acids is 1. The fraction of sp³-hybridized carbons (Fsp3) is 0.381. The van der Waals surface area contributed by atoms with Crippen LogP contribution in [0.15, 0.2) is 60.2 Å². The Hall–Kier alpha value is -2.50. The number of nitrogens with two attached hydrogens (primary N) is 1. The molecule has 3 atom stereocenters. The van der Waals surface area contributed by atoms with Crippen LogP contribution in [0.2, 0.25) is 0 Å². The van der Waals surface area contributed by atoms with Crippen LogP contribution in [0, 0.1) is 5.92 Å². The molecule has 1 aliphatic carbocycles. The van der Waals surface area contributed by atoms with Crippen LogP contribution in [0.3, 0.4) is 0 Å². The Kier molecular flexibility index (Phi) is 6.52. The summed E-state index contributed by atoms with van der Waals surface area (Å²) in [7, 11) is 0. The molecule has 0 radical (unpaired) electrons. The van der Waals surface area contributed by atoms with Crippen molar-refractivity contribution >= 4 is 11.9 Å². The number of carbonyl (C=O) groups is 1. The Morgan fingerprint density at radius 3 is 2.48 bits per heavy atom. The Balaban J connectivity index is 2.41. The molecule has 1 aliphatic rings. The highest BCUT2D eigenvalue weighted by molar-refractivity contribution is 5.78. The van der Waals surface area contributed by atoms with Crippen molar-refractivity contribution in [3.8, 4) is 0 Å². The summed E-state index contributed by atoms with van der Waals surface area (Å²) in [6, 6.07) is 9.11. The lowest BCUT2D eigenvalue weighted by Gasteiger charge is -2.41. The highest BCUT2D eigenvalue weighted by atomic mass is 16.6. The number of aliphatic carboxylic acids is 1. The highest BCUT2D eigenvalue weighted by Crippen LogP contribution is 2.33. The van der Waals surface area contributed by atoms with Gasteiger partial charge in [-0.2, -0.15) is 0 Å². The molecule has 144 valence electrons. The zero-order valence-electron chi connectivity index (χ0n) is 15.7. The molecule has 27 heavy (non-hydrogen) atoms. The van der Waals surface area contributed by atoms with E-state index in [1.807, 2.05) is 36.3 Å². The number of carbonyl (C=O) groups excluding carboxylic acids is 1. The molecule has 0 saturated carbocycles. The number of rotatable bonds is 7. The molecule has 6 nitrogen and oxygen atoms in total. The second-order valence-corrected chi connectivity index (χ2v) is 7.35. The normalized spacial score (nSPS) is 20.0. The monoisotopic (exact) mass is 371 g/mol. The molecule has 2 rings (SSSR count). The average Bonchev–Trinajstić information content (AvgIpc) is 2.64. The summed E-state index contributed by atoms with van der Waals surface area (Å²) in [6.07, 6.45) is 5.48. The smallest absolute Gasteiger partial charge is 0.354 e. The van der Waals surface area contributed by atoms with Gasteiger partial charge in [0.05, 0.1) is 12.2 Å². The topological polar surface area (TPSA) is 98.9 Å². The molecule has 6 heteroatoms. The number of hydrogen-bond acceptors (Lipinski definition) is 5. The van der Waals surface area contributed by atoms with E-state index in [1.54, 1.807) is 45.1 Å². The molecule has 0 spiro atoms. The second-order valence-electron chi connectivity index (χ2n) is 7.35. The third-order valence-corrected chi connectivity index (χ3v) is 4.07. The Bertz CT molecular complexity index is 772. The van der Waals surface area contributed by atoms with Crippen molar-refractivity contribution in [2.45, 2.75) is 44.8 Å². The average molecular weight is 371 g/mol. The molecule has 0 aliphatic heterocycles. The molecular weight excluding hydrogens is 346 g/mol. The first-order valence-corrected chi connectivity index (χ1v) is 8.65. The van der Waals surface area contributed by atoms with Crippen LogP contribution >= 0.6 is 0 Å². The molecule has 3 unspecified atom stereocenters. The lowest BCUT2D eigenvalue weighted by molar-refractivity contribution is -0.212. The van der Waals surface area contributed by atoms with Gasteiger partial charge in [0.15, 0.2) is 0 Å². The minimum atomic E-state index is -2.18. The third-order valence-electron chi connectivity index (χ3n) is 4.07. The molecule has 0 saturated heterocycles. The highest BCUT2D eigenvalue weighted by Gasteiger charge is 2.50. The van der Waals surface area contributed by atoms with Crippen molar-refractivity contribution in [3.05, 3.63) is 65.8 Å². The molecule has 0 fully saturated rings. The van der Waals surface area contributed by atoms with Crippen LogP contribution in [0.1, 0.15) is 26.3 Å². The number of carboxylic acid groups (broad SMARTS) is 1. The molecule has 0 amide bonds. The Labute approximate surface area is 159 Å². The zero-order chi connectivity index (χ0) is 20.1. The number of ether oxygens (including phenoxy) is 2. The van der Waals surface area contributed by atoms with Gasteiger partial charge in [0.25, 0.3) is 0 Å². The van der Waals surface area contributed by atoms with E-state index in [-0.39, 0.29) is 12.2 Å². The summed E-state index contributed by atoms with van der Waals surface area (Å²) in [6.45, 7) is 5.34. The Morgan fingerprint density at radius 2 is 1.93 bits per heavy atom. The van der Waals surface area contributed by atoms with Crippen molar-refractivity contribution in [1.29, 1.82) is 0 Å². The van der Waals surface area contributed by atoms with Crippen LogP contribution in [-0.2, 0) is 25.7 Å². The molecule has 0 bridgehead atoms. The first kappa shape index (κ1) is 20.8. The Morgan fingerprint density at radius 1 is 1.26 bits per heavy atom. The van der Waals surface area contributed by atoms with Crippen LogP contribution in [0.25, 0.3) is 0 Å². The summed E-state index contributed by atoms with van der Waals surface area (Å²) < 4.78 is 11.7. The molecule has 0 aromatic heterocycles. The summed E-state index contributed by atoms with van der Waals surface area (Å²) >= 11 is 0. The molecule has 1 aromatic rings. The summed E-state index contributed by atoms with van der Waals surface area (Å²) in [5.41, 5.74) is 4.37. The van der Waals surface area contributed by atoms with E-state index in [1.165, 1.54) is 0 Å². The van der Waals surface area contributed by atoms with Crippen molar-refractivity contribution in [2.24, 2.45) is 11.7 Å². The maximum Gasteiger partial charge on any atom is 0.354 e. The quantitative estimate of drug-likeness (QED) is 0.565. The first-order chi connectivity index (χ1) is 12.7. The van der Waals surface area contributed by atoms with Gasteiger partial charge in [-0.25, -0.2) is 9.59 Å². The van der Waals surface area contributed by atoms with Gasteiger partial charge in [-0.15, -0.1) is 0 Å². The summed E-state index contributed by atoms with van der Waals surface area (Å²) in [5.74, 6) is -0.230. The van der Waals surface area contributed by atoms with E-state index in [4.69, 9.17) is 15.2 Å². The fourth-order valence-corrected chi connectivity index (χ4v) is 2.77. The summed E-state index contributed by atoms with van der Waals surface area (Å²) in [4.78, 5) is 23.5. The van der Waals surface area contributed by atoms with Gasteiger partial charge in [0, 0.05) is 11.5 Å². The summed E-state index contributed by atoms with van der Waals surface area (Å²) in [5, 5.41) is 9.89. The van der Waals surface area contributed by atoms with Crippen molar-refractivity contribution in [1.82, 2.24) is 0 Å². The predicted octanol–water partition coefficient (Wildman–Crippen LogP) is 2.63. The van der Waals surface area contributed by atoms with Gasteiger partial charge < -0.3 is 14.6 Å². The second kappa shape index (κ2) is 8.46. The molecular formula is C21H25NO5. The van der Waals surface area contributed by atoms with Gasteiger partial charge in [-0.05, 0) is 32.4 Å². The lowest BCUT2D eigenvalue weighted by atomic mass is 9.84.